The second-order valence-electron chi connectivity index (χ2n) is 10.9. The molecule has 5 atom stereocenters. The molecule has 0 aromatic heterocycles. The maximum absolute atomic E-state index is 11.6. The zero-order valence-electron chi connectivity index (χ0n) is 21.2. The van der Waals surface area contributed by atoms with Gasteiger partial charge in [-0.25, -0.2) is 0 Å². The first kappa shape index (κ1) is 24.9. The Morgan fingerprint density at radius 3 is 2.72 bits per heavy atom. The molecule has 0 spiro atoms. The molecule has 0 unspecified atom stereocenters. The number of aliphatic carboxylic acids is 1. The van der Waals surface area contributed by atoms with E-state index >= 15 is 0 Å². The summed E-state index contributed by atoms with van der Waals surface area (Å²) in [6.45, 7) is 9.53. The van der Waals surface area contributed by atoms with Crippen molar-refractivity contribution in [2.24, 2.45) is 5.41 Å². The molecule has 2 aliphatic heterocycles. The molecule has 1 aliphatic carbocycles. The summed E-state index contributed by atoms with van der Waals surface area (Å²) >= 11 is 0. The van der Waals surface area contributed by atoms with Crippen molar-refractivity contribution in [2.45, 2.75) is 63.9 Å². The van der Waals surface area contributed by atoms with Crippen LogP contribution in [-0.4, -0.2) is 60.3 Å². The van der Waals surface area contributed by atoms with Crippen molar-refractivity contribution in [3.05, 3.63) is 53.1 Å². The van der Waals surface area contributed by atoms with Gasteiger partial charge in [0.25, 0.3) is 0 Å². The van der Waals surface area contributed by atoms with Gasteiger partial charge in [-0.05, 0) is 51.8 Å². The number of fused-ring (bicyclic) bond motifs is 4. The van der Waals surface area contributed by atoms with Gasteiger partial charge in [-0.1, -0.05) is 24.3 Å². The lowest BCUT2D eigenvalue weighted by atomic mass is 9.94. The van der Waals surface area contributed by atoms with Crippen LogP contribution in [-0.2, 0) is 16.0 Å². The second-order valence-corrected chi connectivity index (χ2v) is 10.9. The summed E-state index contributed by atoms with van der Waals surface area (Å²) in [5.41, 5.74) is 1.84. The van der Waals surface area contributed by atoms with Crippen LogP contribution in [0.1, 0.15) is 56.4 Å². The van der Waals surface area contributed by atoms with E-state index in [1.165, 1.54) is 0 Å². The standard InChI is InChI=1S/C28H35NO7/c1-16(19-6-5-7-20-23-25(36-24(19)20)28(23,4)26(31)32)35-15-18(30)14-29-27(2,3)13-17-8-9-21-22(12-17)34-11-10-33-21/h5-9,12,16,18,23,25,29-30H,10-11,13-15H2,1-4H3,(H,31,32)/t16-,18-,23-,25+,28+/m1/s1. The molecule has 8 nitrogen and oxygen atoms in total. The van der Waals surface area contributed by atoms with Gasteiger partial charge in [0.05, 0.1) is 18.8 Å². The largest absolute Gasteiger partial charge is 0.488 e. The second kappa shape index (κ2) is 9.25. The minimum Gasteiger partial charge on any atom is -0.488 e. The number of carboxylic acids is 1. The van der Waals surface area contributed by atoms with Crippen LogP contribution in [0.2, 0.25) is 0 Å². The molecule has 0 radical (unpaired) electrons. The maximum Gasteiger partial charge on any atom is 0.313 e. The number of carbonyl (C=O) groups is 1. The Bertz CT molecular complexity index is 1150. The summed E-state index contributed by atoms with van der Waals surface area (Å²) in [6.07, 6.45) is -0.550. The molecule has 2 aromatic rings. The quantitative estimate of drug-likeness (QED) is 0.458. The van der Waals surface area contributed by atoms with Crippen LogP contribution < -0.4 is 19.5 Å². The normalized spacial score (nSPS) is 25.4. The van der Waals surface area contributed by atoms with Gasteiger partial charge in [-0.2, -0.15) is 0 Å². The van der Waals surface area contributed by atoms with E-state index < -0.39 is 17.5 Å². The number of ether oxygens (including phenoxy) is 4. The van der Waals surface area contributed by atoms with Gasteiger partial charge in [0.1, 0.15) is 30.5 Å². The van der Waals surface area contributed by atoms with Crippen molar-refractivity contribution in [2.75, 3.05) is 26.4 Å². The molecule has 2 heterocycles. The number of para-hydroxylation sites is 1. The molecule has 194 valence electrons. The molecular weight excluding hydrogens is 462 g/mol. The van der Waals surface area contributed by atoms with Crippen molar-refractivity contribution in [1.29, 1.82) is 0 Å². The minimum absolute atomic E-state index is 0.122. The number of hydrogen-bond acceptors (Lipinski definition) is 7. The zero-order valence-corrected chi connectivity index (χ0v) is 21.2. The van der Waals surface area contributed by atoms with Crippen LogP contribution in [0.25, 0.3) is 0 Å². The van der Waals surface area contributed by atoms with Gasteiger partial charge in [-0.3, -0.25) is 4.79 Å². The number of carboxylic acid groups (broad SMARTS) is 1. The fraction of sp³-hybridized carbons (Fsp3) is 0.536. The molecule has 3 aliphatic rings. The Morgan fingerprint density at radius 1 is 1.22 bits per heavy atom. The number of aliphatic hydroxyl groups excluding tert-OH is 1. The third-order valence-corrected chi connectivity index (χ3v) is 7.59. The van der Waals surface area contributed by atoms with E-state index in [-0.39, 0.29) is 30.3 Å². The average Bonchev–Trinajstić information content (AvgIpc) is 3.24. The molecule has 0 bridgehead atoms. The number of β-amino-alcohol motifs (C(OH)–C–C–N with tert-alkyl or cyclic N) is 1. The minimum atomic E-state index is -0.857. The molecular formula is C28H35NO7. The predicted molar refractivity (Wildman–Crippen MR) is 133 cm³/mol. The van der Waals surface area contributed by atoms with Crippen molar-refractivity contribution in [3.8, 4) is 17.2 Å². The van der Waals surface area contributed by atoms with Crippen LogP contribution >= 0.6 is 0 Å². The zero-order chi connectivity index (χ0) is 25.7. The molecule has 5 rings (SSSR count). The summed E-state index contributed by atoms with van der Waals surface area (Å²) in [5, 5.41) is 23.6. The molecule has 0 amide bonds. The Hall–Kier alpha value is -2.81. The van der Waals surface area contributed by atoms with E-state index in [9.17, 15) is 15.0 Å². The van der Waals surface area contributed by atoms with Gasteiger partial charge < -0.3 is 34.5 Å². The lowest BCUT2D eigenvalue weighted by Gasteiger charge is -2.29. The Kier molecular flexibility index (Phi) is 6.39. The van der Waals surface area contributed by atoms with E-state index in [2.05, 4.69) is 19.2 Å². The first-order valence-electron chi connectivity index (χ1n) is 12.6. The molecule has 8 heteroatoms. The van der Waals surface area contributed by atoms with Crippen LogP contribution in [0.3, 0.4) is 0 Å². The summed E-state index contributed by atoms with van der Waals surface area (Å²) in [6, 6.07) is 11.8. The van der Waals surface area contributed by atoms with E-state index in [0.717, 1.165) is 40.4 Å². The lowest BCUT2D eigenvalue weighted by molar-refractivity contribution is -0.144. The highest BCUT2D eigenvalue weighted by atomic mass is 16.6. The highest BCUT2D eigenvalue weighted by Crippen LogP contribution is 2.67. The first-order valence-corrected chi connectivity index (χ1v) is 12.6. The number of aliphatic hydroxyl groups is 1. The smallest absolute Gasteiger partial charge is 0.313 e. The fourth-order valence-corrected chi connectivity index (χ4v) is 5.38. The topological polar surface area (TPSA) is 106 Å². The maximum atomic E-state index is 11.6. The molecule has 2 aromatic carbocycles. The first-order chi connectivity index (χ1) is 17.1. The number of benzene rings is 2. The average molecular weight is 498 g/mol. The van der Waals surface area contributed by atoms with Gasteiger partial charge in [-0.15, -0.1) is 0 Å². The highest BCUT2D eigenvalue weighted by Gasteiger charge is 2.73. The summed E-state index contributed by atoms with van der Waals surface area (Å²) < 4.78 is 23.3. The van der Waals surface area contributed by atoms with Gasteiger partial charge in [0, 0.05) is 29.1 Å². The lowest BCUT2D eigenvalue weighted by Crippen LogP contribution is -2.46. The van der Waals surface area contributed by atoms with E-state index in [1.54, 1.807) is 6.92 Å². The Labute approximate surface area is 211 Å². The molecule has 36 heavy (non-hydrogen) atoms. The third kappa shape index (κ3) is 4.53. The van der Waals surface area contributed by atoms with Crippen LogP contribution in [0.4, 0.5) is 0 Å². The van der Waals surface area contributed by atoms with E-state index in [4.69, 9.17) is 18.9 Å². The summed E-state index contributed by atoms with van der Waals surface area (Å²) in [7, 11) is 0. The summed E-state index contributed by atoms with van der Waals surface area (Å²) in [4.78, 5) is 11.6. The van der Waals surface area contributed by atoms with E-state index in [1.807, 2.05) is 43.3 Å². The number of hydrogen-bond donors (Lipinski definition) is 3. The molecule has 1 fully saturated rings. The highest BCUT2D eigenvalue weighted by molar-refractivity contribution is 5.84. The number of nitrogens with one attached hydrogen (secondary N) is 1. The molecule has 3 N–H and O–H groups in total. The third-order valence-electron chi connectivity index (χ3n) is 7.59. The molecule has 1 saturated carbocycles. The van der Waals surface area contributed by atoms with Crippen molar-refractivity contribution < 1.29 is 34.0 Å². The van der Waals surface area contributed by atoms with Crippen LogP contribution in [0, 0.1) is 5.41 Å². The number of rotatable bonds is 10. The van der Waals surface area contributed by atoms with Crippen molar-refractivity contribution >= 4 is 5.97 Å². The predicted octanol–water partition coefficient (Wildman–Crippen LogP) is 3.46. The molecule has 0 saturated heterocycles. The van der Waals surface area contributed by atoms with E-state index in [0.29, 0.717) is 19.8 Å². The summed E-state index contributed by atoms with van der Waals surface area (Å²) in [5.74, 6) is 1.33. The van der Waals surface area contributed by atoms with Gasteiger partial charge >= 0.3 is 5.97 Å². The van der Waals surface area contributed by atoms with Gasteiger partial charge in [0.2, 0.25) is 0 Å². The monoisotopic (exact) mass is 497 g/mol. The Balaban J connectivity index is 1.12. The van der Waals surface area contributed by atoms with Crippen LogP contribution in [0.15, 0.2) is 36.4 Å². The van der Waals surface area contributed by atoms with Gasteiger partial charge in [0.15, 0.2) is 11.5 Å². The Morgan fingerprint density at radius 2 is 1.97 bits per heavy atom. The SMILES string of the molecule is C[C@@H](OC[C@H](O)CNC(C)(C)Cc1ccc2c(c1)OCCO2)c1cccc2c1O[C@H]1[C@@H]2[C@]1(C)C(=O)O. The van der Waals surface area contributed by atoms with Crippen molar-refractivity contribution in [1.82, 2.24) is 5.32 Å². The fourth-order valence-electron chi connectivity index (χ4n) is 5.38. The van der Waals surface area contributed by atoms with Crippen molar-refractivity contribution in [3.63, 3.8) is 0 Å². The van der Waals surface area contributed by atoms with Crippen LogP contribution in [0.5, 0.6) is 17.2 Å².